The van der Waals surface area contributed by atoms with Gasteiger partial charge in [-0.2, -0.15) is 0 Å². The first-order valence-corrected chi connectivity index (χ1v) is 5.93. The molecule has 6 heteroatoms. The van der Waals surface area contributed by atoms with Crippen LogP contribution in [-0.2, 0) is 4.79 Å². The maximum Gasteiger partial charge on any atom is 0.329 e. The molecule has 1 aromatic carbocycles. The molecule has 1 saturated carbocycles. The van der Waals surface area contributed by atoms with Crippen molar-refractivity contribution in [2.45, 2.75) is 24.8 Å². The fourth-order valence-corrected chi connectivity index (χ4v) is 2.20. The monoisotopic (exact) mass is 268 g/mol. The summed E-state index contributed by atoms with van der Waals surface area (Å²) in [7, 11) is 0. The molecule has 0 spiro atoms. The number of carbonyl (C=O) groups is 2. The molecule has 96 valence electrons. The lowest BCUT2D eigenvalue weighted by atomic mass is 9.76. The number of nitrogens with one attached hydrogen (secondary N) is 1. The highest BCUT2D eigenvalue weighted by atomic mass is 35.5. The van der Waals surface area contributed by atoms with Crippen LogP contribution in [0.5, 0.6) is 0 Å². The molecule has 0 bridgehead atoms. The third-order valence-electron chi connectivity index (χ3n) is 3.15. The van der Waals surface area contributed by atoms with Crippen LogP contribution in [0.4, 0.5) is 5.69 Å². The molecule has 0 aliphatic heterocycles. The van der Waals surface area contributed by atoms with Crippen LogP contribution < -0.4 is 11.1 Å². The molecule has 4 N–H and O–H groups in total. The van der Waals surface area contributed by atoms with Gasteiger partial charge in [-0.15, -0.1) is 0 Å². The standard InChI is InChI=1S/C12H13ClN2O3/c13-8-4-7(5-9(14)6-8)10(16)15-12(11(17)18)2-1-3-12/h4-6H,1-3,14H2,(H,15,16)(H,17,18). The Morgan fingerprint density at radius 2 is 2.00 bits per heavy atom. The van der Waals surface area contributed by atoms with Crippen LogP contribution in [0, 0.1) is 0 Å². The SMILES string of the molecule is Nc1cc(Cl)cc(C(=O)NC2(C(=O)O)CCC2)c1. The zero-order valence-electron chi connectivity index (χ0n) is 9.57. The summed E-state index contributed by atoms with van der Waals surface area (Å²) >= 11 is 5.80. The van der Waals surface area contributed by atoms with E-state index in [1.807, 2.05) is 0 Å². The van der Waals surface area contributed by atoms with Crippen LogP contribution >= 0.6 is 11.6 Å². The van der Waals surface area contributed by atoms with Crippen molar-refractivity contribution < 1.29 is 14.7 Å². The number of nitrogens with two attached hydrogens (primary N) is 1. The van der Waals surface area contributed by atoms with Gasteiger partial charge in [0.2, 0.25) is 0 Å². The van der Waals surface area contributed by atoms with Crippen molar-refractivity contribution in [1.29, 1.82) is 0 Å². The second-order valence-electron chi connectivity index (χ2n) is 4.47. The molecule has 0 unspecified atom stereocenters. The van der Waals surface area contributed by atoms with Crippen molar-refractivity contribution >= 4 is 29.2 Å². The molecule has 18 heavy (non-hydrogen) atoms. The van der Waals surface area contributed by atoms with E-state index in [2.05, 4.69) is 5.32 Å². The fraction of sp³-hybridized carbons (Fsp3) is 0.333. The number of carbonyl (C=O) groups excluding carboxylic acids is 1. The van der Waals surface area contributed by atoms with Crippen LogP contribution in [0.25, 0.3) is 0 Å². The van der Waals surface area contributed by atoms with Gasteiger partial charge in [-0.1, -0.05) is 11.6 Å². The summed E-state index contributed by atoms with van der Waals surface area (Å²) in [6.07, 6.45) is 1.69. The maximum atomic E-state index is 12.0. The molecular formula is C12H13ClN2O3. The Kier molecular flexibility index (Phi) is 3.17. The summed E-state index contributed by atoms with van der Waals surface area (Å²) < 4.78 is 0. The predicted molar refractivity (Wildman–Crippen MR) is 67.5 cm³/mol. The summed E-state index contributed by atoms with van der Waals surface area (Å²) in [5.41, 5.74) is 5.09. The fourth-order valence-electron chi connectivity index (χ4n) is 1.96. The normalized spacial score (nSPS) is 16.7. The van der Waals surface area contributed by atoms with Crippen molar-refractivity contribution in [2.24, 2.45) is 0 Å². The van der Waals surface area contributed by atoms with E-state index in [0.717, 1.165) is 6.42 Å². The quantitative estimate of drug-likeness (QED) is 0.727. The van der Waals surface area contributed by atoms with Gasteiger partial charge in [-0.3, -0.25) is 4.79 Å². The van der Waals surface area contributed by atoms with Crippen molar-refractivity contribution in [1.82, 2.24) is 5.32 Å². The zero-order valence-corrected chi connectivity index (χ0v) is 10.3. The molecule has 0 aromatic heterocycles. The number of hydrogen-bond acceptors (Lipinski definition) is 3. The minimum absolute atomic E-state index is 0.271. The van der Waals surface area contributed by atoms with Crippen LogP contribution in [0.2, 0.25) is 5.02 Å². The van der Waals surface area contributed by atoms with E-state index in [1.54, 1.807) is 0 Å². The van der Waals surface area contributed by atoms with E-state index in [0.29, 0.717) is 23.6 Å². The highest BCUT2D eigenvalue weighted by Gasteiger charge is 2.45. The van der Waals surface area contributed by atoms with Gasteiger partial charge in [0.25, 0.3) is 5.91 Å². The Morgan fingerprint density at radius 1 is 1.33 bits per heavy atom. The van der Waals surface area contributed by atoms with Crippen molar-refractivity contribution in [2.75, 3.05) is 5.73 Å². The number of benzene rings is 1. The smallest absolute Gasteiger partial charge is 0.329 e. The first-order valence-electron chi connectivity index (χ1n) is 5.55. The summed E-state index contributed by atoms with van der Waals surface area (Å²) in [6.45, 7) is 0. The Hall–Kier alpha value is -1.75. The molecule has 5 nitrogen and oxygen atoms in total. The molecule has 0 heterocycles. The van der Waals surface area contributed by atoms with Crippen LogP contribution in [-0.4, -0.2) is 22.5 Å². The predicted octanol–water partition coefficient (Wildman–Crippen LogP) is 1.66. The number of carboxylic acid groups (broad SMARTS) is 1. The Morgan fingerprint density at radius 3 is 2.44 bits per heavy atom. The van der Waals surface area contributed by atoms with Gasteiger partial charge in [-0.05, 0) is 37.5 Å². The number of carboxylic acids is 1. The average molecular weight is 269 g/mol. The topological polar surface area (TPSA) is 92.4 Å². The lowest BCUT2D eigenvalue weighted by Gasteiger charge is -2.38. The maximum absolute atomic E-state index is 12.0. The molecule has 0 radical (unpaired) electrons. The van der Waals surface area contributed by atoms with Gasteiger partial charge >= 0.3 is 5.97 Å². The summed E-state index contributed by atoms with van der Waals surface area (Å²) in [6, 6.07) is 4.45. The first-order chi connectivity index (χ1) is 8.43. The third-order valence-corrected chi connectivity index (χ3v) is 3.37. The Labute approximate surface area is 109 Å². The number of aliphatic carboxylic acids is 1. The van der Waals surface area contributed by atoms with E-state index in [4.69, 9.17) is 22.4 Å². The third kappa shape index (κ3) is 2.26. The van der Waals surface area contributed by atoms with Crippen LogP contribution in [0.3, 0.4) is 0 Å². The summed E-state index contributed by atoms with van der Waals surface area (Å²) in [5, 5.41) is 12.0. The number of halogens is 1. The molecule has 1 fully saturated rings. The molecule has 1 aromatic rings. The molecule has 1 aliphatic carbocycles. The highest BCUT2D eigenvalue weighted by molar-refractivity contribution is 6.31. The second kappa shape index (κ2) is 4.49. The Balaban J connectivity index is 2.19. The van der Waals surface area contributed by atoms with Gasteiger partial charge in [0.05, 0.1) is 0 Å². The molecular weight excluding hydrogens is 256 g/mol. The first kappa shape index (κ1) is 12.7. The summed E-state index contributed by atoms with van der Waals surface area (Å²) in [4.78, 5) is 23.1. The number of rotatable bonds is 3. The van der Waals surface area contributed by atoms with Crippen molar-refractivity contribution in [3.63, 3.8) is 0 Å². The van der Waals surface area contributed by atoms with Gasteiger partial charge < -0.3 is 16.2 Å². The van der Waals surface area contributed by atoms with Gasteiger partial charge in [0.15, 0.2) is 0 Å². The number of amides is 1. The van der Waals surface area contributed by atoms with E-state index < -0.39 is 17.4 Å². The minimum Gasteiger partial charge on any atom is -0.480 e. The van der Waals surface area contributed by atoms with Crippen molar-refractivity contribution in [3.8, 4) is 0 Å². The largest absolute Gasteiger partial charge is 0.480 e. The molecule has 2 rings (SSSR count). The highest BCUT2D eigenvalue weighted by Crippen LogP contribution is 2.32. The van der Waals surface area contributed by atoms with E-state index in [1.165, 1.54) is 18.2 Å². The number of hydrogen-bond donors (Lipinski definition) is 3. The van der Waals surface area contributed by atoms with E-state index in [9.17, 15) is 9.59 Å². The summed E-state index contributed by atoms with van der Waals surface area (Å²) in [5.74, 6) is -1.47. The molecule has 0 saturated heterocycles. The van der Waals surface area contributed by atoms with E-state index in [-0.39, 0.29) is 5.56 Å². The van der Waals surface area contributed by atoms with Gasteiger partial charge in [0, 0.05) is 16.3 Å². The zero-order chi connectivity index (χ0) is 13.3. The lowest BCUT2D eigenvalue weighted by Crippen LogP contribution is -2.59. The molecule has 0 atom stereocenters. The number of anilines is 1. The van der Waals surface area contributed by atoms with Gasteiger partial charge in [0.1, 0.15) is 5.54 Å². The lowest BCUT2D eigenvalue weighted by molar-refractivity contribution is -0.148. The van der Waals surface area contributed by atoms with Gasteiger partial charge in [-0.25, -0.2) is 4.79 Å². The van der Waals surface area contributed by atoms with Crippen LogP contribution in [0.1, 0.15) is 29.6 Å². The molecule has 1 aliphatic rings. The average Bonchev–Trinajstić information content (AvgIpc) is 2.21. The van der Waals surface area contributed by atoms with Crippen LogP contribution in [0.15, 0.2) is 18.2 Å². The van der Waals surface area contributed by atoms with E-state index >= 15 is 0 Å². The molecule has 1 amide bonds. The van der Waals surface area contributed by atoms with Crippen molar-refractivity contribution in [3.05, 3.63) is 28.8 Å². The number of nitrogen functional groups attached to an aromatic ring is 1. The Bertz CT molecular complexity index is 492. The minimum atomic E-state index is -1.13. The second-order valence-corrected chi connectivity index (χ2v) is 4.90.